The molecule has 1 atom stereocenters. The quantitative estimate of drug-likeness (QED) is 0.879. The van der Waals surface area contributed by atoms with E-state index >= 15 is 0 Å². The van der Waals surface area contributed by atoms with Crippen molar-refractivity contribution < 1.29 is 0 Å². The van der Waals surface area contributed by atoms with Crippen LogP contribution in [0.15, 0.2) is 24.3 Å². The summed E-state index contributed by atoms with van der Waals surface area (Å²) >= 11 is 0. The second-order valence-corrected chi connectivity index (χ2v) is 5.19. The molecule has 1 saturated heterocycles. The number of hydrogen-bond donors (Lipinski definition) is 1. The maximum absolute atomic E-state index is 5.58. The third-order valence-corrected chi connectivity index (χ3v) is 3.98. The van der Waals surface area contributed by atoms with Gasteiger partial charge >= 0.3 is 0 Å². The van der Waals surface area contributed by atoms with E-state index in [4.69, 9.17) is 5.73 Å². The molecule has 1 heterocycles. The van der Waals surface area contributed by atoms with E-state index in [-0.39, 0.29) is 0 Å². The van der Waals surface area contributed by atoms with Crippen molar-refractivity contribution in [3.05, 3.63) is 29.8 Å². The number of piperazine rings is 1. The molecular formula is C15H25N3. The molecule has 3 nitrogen and oxygen atoms in total. The lowest BCUT2D eigenvalue weighted by atomic mass is 10.1. The molecule has 1 fully saturated rings. The van der Waals surface area contributed by atoms with Crippen molar-refractivity contribution in [3.8, 4) is 0 Å². The minimum Gasteiger partial charge on any atom is -0.369 e. The van der Waals surface area contributed by atoms with Gasteiger partial charge in [0.2, 0.25) is 0 Å². The average Bonchev–Trinajstić information content (AvgIpc) is 2.41. The Morgan fingerprint density at radius 2 is 1.94 bits per heavy atom. The number of likely N-dealkylation sites (N-methyl/N-ethyl adjacent to an activating group) is 1. The normalized spacial score (nSPS) is 21.3. The summed E-state index contributed by atoms with van der Waals surface area (Å²) in [5, 5.41) is 0. The van der Waals surface area contributed by atoms with Crippen LogP contribution < -0.4 is 10.6 Å². The van der Waals surface area contributed by atoms with E-state index in [0.717, 1.165) is 32.6 Å². The maximum Gasteiger partial charge on any atom is 0.0367 e. The van der Waals surface area contributed by atoms with Crippen molar-refractivity contribution in [2.75, 3.05) is 38.1 Å². The highest BCUT2D eigenvalue weighted by atomic mass is 15.3. The number of benzene rings is 1. The average molecular weight is 247 g/mol. The van der Waals surface area contributed by atoms with Crippen LogP contribution in [0.25, 0.3) is 0 Å². The first-order valence-electron chi connectivity index (χ1n) is 6.98. The zero-order valence-corrected chi connectivity index (χ0v) is 11.6. The van der Waals surface area contributed by atoms with Crippen LogP contribution in [-0.4, -0.2) is 44.2 Å². The molecule has 0 radical (unpaired) electrons. The van der Waals surface area contributed by atoms with Gasteiger partial charge in [0, 0.05) is 31.4 Å². The Morgan fingerprint density at radius 1 is 1.22 bits per heavy atom. The predicted octanol–water partition coefficient (Wildman–Crippen LogP) is 1.72. The Kier molecular flexibility index (Phi) is 4.61. The molecule has 0 aromatic heterocycles. The van der Waals surface area contributed by atoms with Gasteiger partial charge in [-0.2, -0.15) is 0 Å². The van der Waals surface area contributed by atoms with Gasteiger partial charge in [-0.1, -0.05) is 19.1 Å². The second kappa shape index (κ2) is 6.21. The van der Waals surface area contributed by atoms with E-state index in [1.807, 2.05) is 0 Å². The van der Waals surface area contributed by atoms with E-state index in [9.17, 15) is 0 Å². The minimum absolute atomic E-state index is 0.683. The van der Waals surface area contributed by atoms with Crippen LogP contribution in [0.3, 0.4) is 0 Å². The van der Waals surface area contributed by atoms with E-state index < -0.39 is 0 Å². The number of nitrogens with zero attached hydrogens (tertiary/aromatic N) is 2. The third kappa shape index (κ3) is 3.03. The molecule has 1 aromatic rings. The van der Waals surface area contributed by atoms with Gasteiger partial charge in [0.1, 0.15) is 0 Å². The molecule has 0 aliphatic carbocycles. The van der Waals surface area contributed by atoms with Crippen LogP contribution in [0.5, 0.6) is 0 Å². The number of hydrogen-bond acceptors (Lipinski definition) is 3. The highest BCUT2D eigenvalue weighted by Crippen LogP contribution is 2.20. The molecule has 2 N–H and O–H groups in total. The summed E-state index contributed by atoms with van der Waals surface area (Å²) in [6.07, 6.45) is 2.19. The molecule has 1 unspecified atom stereocenters. The monoisotopic (exact) mass is 247 g/mol. The Labute approximate surface area is 111 Å². The second-order valence-electron chi connectivity index (χ2n) is 5.19. The summed E-state index contributed by atoms with van der Waals surface area (Å²) in [6, 6.07) is 9.58. The van der Waals surface area contributed by atoms with Gasteiger partial charge in [-0.15, -0.1) is 0 Å². The first-order valence-corrected chi connectivity index (χ1v) is 6.98. The fourth-order valence-electron chi connectivity index (χ4n) is 2.66. The van der Waals surface area contributed by atoms with Crippen molar-refractivity contribution in [1.29, 1.82) is 0 Å². The topological polar surface area (TPSA) is 32.5 Å². The van der Waals surface area contributed by atoms with Gasteiger partial charge in [-0.05, 0) is 44.1 Å². The van der Waals surface area contributed by atoms with Crippen LogP contribution in [-0.2, 0) is 6.42 Å². The summed E-state index contributed by atoms with van der Waals surface area (Å²) < 4.78 is 0. The van der Waals surface area contributed by atoms with Crippen molar-refractivity contribution in [2.45, 2.75) is 25.8 Å². The molecule has 1 aliphatic rings. The Hall–Kier alpha value is -1.06. The lowest BCUT2D eigenvalue weighted by molar-refractivity contribution is 0.213. The SMILES string of the molecule is CCC1CN(c2ccc(CCN)cc2)CCN1C. The number of anilines is 1. The highest BCUT2D eigenvalue weighted by Gasteiger charge is 2.22. The predicted molar refractivity (Wildman–Crippen MR) is 78.1 cm³/mol. The highest BCUT2D eigenvalue weighted by molar-refractivity contribution is 5.48. The van der Waals surface area contributed by atoms with Crippen LogP contribution in [0.2, 0.25) is 0 Å². The summed E-state index contributed by atoms with van der Waals surface area (Å²) in [6.45, 7) is 6.43. The first-order chi connectivity index (χ1) is 8.74. The van der Waals surface area contributed by atoms with Crippen molar-refractivity contribution in [1.82, 2.24) is 4.90 Å². The molecule has 0 saturated carbocycles. The molecule has 3 heteroatoms. The molecule has 0 bridgehead atoms. The number of rotatable bonds is 4. The molecule has 1 aromatic carbocycles. The lowest BCUT2D eigenvalue weighted by Gasteiger charge is -2.40. The summed E-state index contributed by atoms with van der Waals surface area (Å²) in [5.41, 5.74) is 8.26. The zero-order valence-electron chi connectivity index (χ0n) is 11.6. The summed E-state index contributed by atoms with van der Waals surface area (Å²) in [5.74, 6) is 0. The summed E-state index contributed by atoms with van der Waals surface area (Å²) in [4.78, 5) is 4.97. The van der Waals surface area contributed by atoms with Crippen LogP contribution >= 0.6 is 0 Å². The first kappa shape index (κ1) is 13.4. The fraction of sp³-hybridized carbons (Fsp3) is 0.600. The molecule has 0 spiro atoms. The van der Waals surface area contributed by atoms with Gasteiger partial charge in [-0.3, -0.25) is 4.90 Å². The van der Waals surface area contributed by atoms with E-state index in [1.165, 1.54) is 17.7 Å². The van der Waals surface area contributed by atoms with E-state index in [2.05, 4.69) is 48.0 Å². The standard InChI is InChI=1S/C15H25N3/c1-3-14-12-18(11-10-17(14)2)15-6-4-13(5-7-15)8-9-16/h4-7,14H,3,8-12,16H2,1-2H3. The minimum atomic E-state index is 0.683. The van der Waals surface area contributed by atoms with E-state index in [1.54, 1.807) is 0 Å². The van der Waals surface area contributed by atoms with Gasteiger partial charge in [0.15, 0.2) is 0 Å². The van der Waals surface area contributed by atoms with Gasteiger partial charge in [0.25, 0.3) is 0 Å². The molecular weight excluding hydrogens is 222 g/mol. The van der Waals surface area contributed by atoms with Crippen LogP contribution in [0.4, 0.5) is 5.69 Å². The number of nitrogens with two attached hydrogens (primary N) is 1. The fourth-order valence-corrected chi connectivity index (χ4v) is 2.66. The van der Waals surface area contributed by atoms with Crippen molar-refractivity contribution in [3.63, 3.8) is 0 Å². The van der Waals surface area contributed by atoms with E-state index in [0.29, 0.717) is 6.04 Å². The Balaban J connectivity index is 2.02. The van der Waals surface area contributed by atoms with Crippen molar-refractivity contribution in [2.24, 2.45) is 5.73 Å². The Morgan fingerprint density at radius 3 is 2.56 bits per heavy atom. The van der Waals surface area contributed by atoms with Crippen LogP contribution in [0, 0.1) is 0 Å². The van der Waals surface area contributed by atoms with Crippen LogP contribution in [0.1, 0.15) is 18.9 Å². The molecule has 2 rings (SSSR count). The molecule has 100 valence electrons. The zero-order chi connectivity index (χ0) is 13.0. The molecule has 1 aliphatic heterocycles. The van der Waals surface area contributed by atoms with Gasteiger partial charge < -0.3 is 10.6 Å². The van der Waals surface area contributed by atoms with Gasteiger partial charge in [0.05, 0.1) is 0 Å². The third-order valence-electron chi connectivity index (χ3n) is 3.98. The molecule has 18 heavy (non-hydrogen) atoms. The maximum atomic E-state index is 5.58. The smallest absolute Gasteiger partial charge is 0.0367 e. The molecule has 0 amide bonds. The van der Waals surface area contributed by atoms with Crippen molar-refractivity contribution >= 4 is 5.69 Å². The Bertz CT molecular complexity index is 361. The lowest BCUT2D eigenvalue weighted by Crippen LogP contribution is -2.51. The van der Waals surface area contributed by atoms with Gasteiger partial charge in [-0.25, -0.2) is 0 Å². The largest absolute Gasteiger partial charge is 0.369 e. The summed E-state index contributed by atoms with van der Waals surface area (Å²) in [7, 11) is 2.23.